The van der Waals surface area contributed by atoms with Crippen LogP contribution >= 0.6 is 0 Å². The van der Waals surface area contributed by atoms with Crippen LogP contribution in [0.25, 0.3) is 11.3 Å². The molecule has 0 aromatic carbocycles. The van der Waals surface area contributed by atoms with Gasteiger partial charge in [-0.3, -0.25) is 9.58 Å². The van der Waals surface area contributed by atoms with Crippen LogP contribution in [-0.4, -0.2) is 71.3 Å². The molecule has 0 spiro atoms. The summed E-state index contributed by atoms with van der Waals surface area (Å²) in [6.45, 7) is 5.03. The predicted octanol–water partition coefficient (Wildman–Crippen LogP) is 2.48. The van der Waals surface area contributed by atoms with Crippen molar-refractivity contribution in [3.05, 3.63) is 30.1 Å². The minimum atomic E-state index is -0.381. The first-order valence-corrected chi connectivity index (χ1v) is 10.2. The van der Waals surface area contributed by atoms with Crippen LogP contribution in [0.2, 0.25) is 0 Å². The van der Waals surface area contributed by atoms with Gasteiger partial charge in [-0.1, -0.05) is 6.07 Å². The molecule has 1 unspecified atom stereocenters. The fraction of sp³-hybridized carbons (Fsp3) is 0.571. The maximum absolute atomic E-state index is 13.4. The molecule has 1 saturated heterocycles. The standard InChI is InChI=1S/C21H29N5O3/c1-21(8-11-28-3)15-25(10-12-29-21)20(27)26-9-4-5-16-6-7-18(23-19(16)26)17-13-22-24(2)14-17/h6-7,13-14H,4-5,8-12,15H2,1-3H3. The Morgan fingerprint density at radius 3 is 2.97 bits per heavy atom. The molecule has 29 heavy (non-hydrogen) atoms. The van der Waals surface area contributed by atoms with Crippen LogP contribution in [-0.2, 0) is 22.9 Å². The van der Waals surface area contributed by atoms with Gasteiger partial charge in [0.15, 0.2) is 0 Å². The van der Waals surface area contributed by atoms with Crippen LogP contribution in [0.15, 0.2) is 24.5 Å². The number of carbonyl (C=O) groups is 1. The Kier molecular flexibility index (Phi) is 5.56. The second kappa shape index (κ2) is 8.12. The second-order valence-electron chi connectivity index (χ2n) is 8.08. The van der Waals surface area contributed by atoms with E-state index in [0.717, 1.165) is 41.9 Å². The van der Waals surface area contributed by atoms with Crippen LogP contribution in [0, 0.1) is 0 Å². The number of fused-ring (bicyclic) bond motifs is 1. The Hall–Kier alpha value is -2.45. The van der Waals surface area contributed by atoms with Crippen LogP contribution in [0.4, 0.5) is 10.6 Å². The summed E-state index contributed by atoms with van der Waals surface area (Å²) in [6, 6.07) is 4.11. The smallest absolute Gasteiger partial charge is 0.325 e. The first-order chi connectivity index (χ1) is 14.0. The number of ether oxygens (including phenoxy) is 2. The van der Waals surface area contributed by atoms with Gasteiger partial charge in [-0.15, -0.1) is 0 Å². The average Bonchev–Trinajstić information content (AvgIpc) is 3.17. The number of amides is 2. The molecule has 2 aromatic heterocycles. The van der Waals surface area contributed by atoms with Gasteiger partial charge >= 0.3 is 6.03 Å². The summed E-state index contributed by atoms with van der Waals surface area (Å²) >= 11 is 0. The van der Waals surface area contributed by atoms with E-state index in [1.165, 1.54) is 0 Å². The molecule has 2 aliphatic heterocycles. The second-order valence-corrected chi connectivity index (χ2v) is 8.08. The van der Waals surface area contributed by atoms with Gasteiger partial charge in [0, 0.05) is 52.0 Å². The quantitative estimate of drug-likeness (QED) is 0.790. The highest BCUT2D eigenvalue weighted by atomic mass is 16.5. The van der Waals surface area contributed by atoms with E-state index in [2.05, 4.69) is 11.2 Å². The number of aryl methyl sites for hydroxylation is 2. The molecular formula is C21H29N5O3. The van der Waals surface area contributed by atoms with E-state index in [4.69, 9.17) is 14.5 Å². The van der Waals surface area contributed by atoms with Crippen molar-refractivity contribution >= 4 is 11.8 Å². The number of aromatic nitrogens is 3. The molecule has 8 nitrogen and oxygen atoms in total. The Balaban J connectivity index is 1.57. The zero-order valence-electron chi connectivity index (χ0n) is 17.4. The molecule has 4 rings (SSSR count). The Morgan fingerprint density at radius 1 is 1.34 bits per heavy atom. The number of morpholine rings is 1. The molecule has 8 heteroatoms. The normalized spacial score (nSPS) is 21.9. The summed E-state index contributed by atoms with van der Waals surface area (Å²) in [7, 11) is 3.57. The van der Waals surface area contributed by atoms with E-state index in [-0.39, 0.29) is 11.6 Å². The zero-order chi connectivity index (χ0) is 20.4. The number of methoxy groups -OCH3 is 1. The van der Waals surface area contributed by atoms with Gasteiger partial charge in [0.1, 0.15) is 5.82 Å². The number of urea groups is 1. The molecule has 156 valence electrons. The minimum absolute atomic E-state index is 0.00808. The van der Waals surface area contributed by atoms with Gasteiger partial charge in [0.05, 0.1) is 30.6 Å². The highest BCUT2D eigenvalue weighted by Gasteiger charge is 2.37. The molecule has 2 aromatic rings. The monoisotopic (exact) mass is 399 g/mol. The summed E-state index contributed by atoms with van der Waals surface area (Å²) in [5.74, 6) is 0.771. The maximum Gasteiger partial charge on any atom is 0.325 e. The molecular weight excluding hydrogens is 370 g/mol. The van der Waals surface area contributed by atoms with Crippen molar-refractivity contribution in [2.45, 2.75) is 31.8 Å². The minimum Gasteiger partial charge on any atom is -0.385 e. The lowest BCUT2D eigenvalue weighted by Gasteiger charge is -2.42. The van der Waals surface area contributed by atoms with Crippen molar-refractivity contribution in [1.82, 2.24) is 19.7 Å². The summed E-state index contributed by atoms with van der Waals surface area (Å²) < 4.78 is 12.9. The number of anilines is 1. The first kappa shape index (κ1) is 19.8. The molecule has 0 radical (unpaired) electrons. The van der Waals surface area contributed by atoms with E-state index in [9.17, 15) is 4.79 Å². The largest absolute Gasteiger partial charge is 0.385 e. The van der Waals surface area contributed by atoms with Crippen LogP contribution < -0.4 is 4.90 Å². The number of carbonyl (C=O) groups excluding carboxylic acids is 1. The van der Waals surface area contributed by atoms with Gasteiger partial charge in [-0.25, -0.2) is 9.78 Å². The van der Waals surface area contributed by atoms with Crippen molar-refractivity contribution in [3.8, 4) is 11.3 Å². The van der Waals surface area contributed by atoms with Crippen molar-refractivity contribution < 1.29 is 14.3 Å². The number of pyridine rings is 1. The maximum atomic E-state index is 13.4. The van der Waals surface area contributed by atoms with E-state index in [1.807, 2.05) is 36.0 Å². The number of hydrogen-bond acceptors (Lipinski definition) is 5. The van der Waals surface area contributed by atoms with Gasteiger partial charge in [-0.2, -0.15) is 5.10 Å². The van der Waals surface area contributed by atoms with E-state index in [1.54, 1.807) is 18.0 Å². The molecule has 2 amide bonds. The lowest BCUT2D eigenvalue weighted by atomic mass is 10.00. The molecule has 1 atom stereocenters. The molecule has 0 aliphatic carbocycles. The van der Waals surface area contributed by atoms with Gasteiger partial charge in [0.2, 0.25) is 0 Å². The molecule has 0 N–H and O–H groups in total. The zero-order valence-corrected chi connectivity index (χ0v) is 17.4. The summed E-state index contributed by atoms with van der Waals surface area (Å²) in [4.78, 5) is 22.0. The van der Waals surface area contributed by atoms with Crippen LogP contribution in [0.3, 0.4) is 0 Å². The molecule has 1 fully saturated rings. The Morgan fingerprint density at radius 2 is 2.21 bits per heavy atom. The fourth-order valence-corrected chi connectivity index (χ4v) is 4.07. The molecule has 0 saturated carbocycles. The first-order valence-electron chi connectivity index (χ1n) is 10.2. The van der Waals surface area contributed by atoms with Gasteiger partial charge in [-0.05, 0) is 31.4 Å². The SMILES string of the molecule is COCCC1(C)CN(C(=O)N2CCCc3ccc(-c4cnn(C)c4)nc32)CCO1. The van der Waals surface area contributed by atoms with E-state index in [0.29, 0.717) is 32.8 Å². The molecule has 0 bridgehead atoms. The highest BCUT2D eigenvalue weighted by molar-refractivity contribution is 5.92. The molecule has 2 aliphatic rings. The lowest BCUT2D eigenvalue weighted by Crippen LogP contribution is -2.56. The molecule has 4 heterocycles. The van der Waals surface area contributed by atoms with Gasteiger partial charge < -0.3 is 14.4 Å². The van der Waals surface area contributed by atoms with E-state index < -0.39 is 0 Å². The topological polar surface area (TPSA) is 72.7 Å². The number of hydrogen-bond donors (Lipinski definition) is 0. The van der Waals surface area contributed by atoms with Crippen molar-refractivity contribution in [2.24, 2.45) is 7.05 Å². The number of nitrogens with zero attached hydrogens (tertiary/aromatic N) is 5. The third-order valence-corrected chi connectivity index (χ3v) is 5.71. The highest BCUT2D eigenvalue weighted by Crippen LogP contribution is 2.30. The van der Waals surface area contributed by atoms with Crippen LogP contribution in [0.5, 0.6) is 0 Å². The van der Waals surface area contributed by atoms with Crippen molar-refractivity contribution in [1.29, 1.82) is 0 Å². The van der Waals surface area contributed by atoms with Crippen molar-refractivity contribution in [3.63, 3.8) is 0 Å². The summed E-state index contributed by atoms with van der Waals surface area (Å²) in [5.41, 5.74) is 2.52. The fourth-order valence-electron chi connectivity index (χ4n) is 4.07. The van der Waals surface area contributed by atoms with E-state index >= 15 is 0 Å². The van der Waals surface area contributed by atoms with Crippen LogP contribution in [0.1, 0.15) is 25.3 Å². The lowest BCUT2D eigenvalue weighted by molar-refractivity contribution is -0.0972. The Bertz CT molecular complexity index is 883. The Labute approximate surface area is 171 Å². The van der Waals surface area contributed by atoms with Crippen molar-refractivity contribution in [2.75, 3.05) is 44.9 Å². The van der Waals surface area contributed by atoms with Gasteiger partial charge in [0.25, 0.3) is 0 Å². The third kappa shape index (κ3) is 4.13. The number of rotatable bonds is 4. The summed E-state index contributed by atoms with van der Waals surface area (Å²) in [5, 5.41) is 4.24. The summed E-state index contributed by atoms with van der Waals surface area (Å²) in [6.07, 6.45) is 6.37. The predicted molar refractivity (Wildman–Crippen MR) is 110 cm³/mol. The third-order valence-electron chi connectivity index (χ3n) is 5.71. The average molecular weight is 399 g/mol.